The second-order valence-electron chi connectivity index (χ2n) is 6.50. The number of piperidine rings is 1. The molecule has 1 N–H and O–H groups in total. The molecule has 0 aliphatic carbocycles. The van der Waals surface area contributed by atoms with Crippen LogP contribution in [0, 0.1) is 19.7 Å². The average Bonchev–Trinajstić information content (AvgIpc) is 2.93. The number of anilines is 1. The van der Waals surface area contributed by atoms with Gasteiger partial charge in [0.2, 0.25) is 0 Å². The van der Waals surface area contributed by atoms with Crippen LogP contribution in [0.3, 0.4) is 0 Å². The molecule has 0 bridgehead atoms. The van der Waals surface area contributed by atoms with E-state index in [0.717, 1.165) is 52.6 Å². The number of hydrogen-bond donors (Lipinski definition) is 1. The maximum atomic E-state index is 13.2. The SMILES string of the molecule is Cc1nc(N2CCCCC2)c2[nH]c(-c3ccc(F)cc3)c(C)c2n1.Cl. The first kappa shape index (κ1) is 17.7. The van der Waals surface area contributed by atoms with E-state index < -0.39 is 0 Å². The minimum Gasteiger partial charge on any atom is -0.355 e. The second kappa shape index (κ2) is 7.00. The third-order valence-electron chi connectivity index (χ3n) is 4.77. The molecule has 25 heavy (non-hydrogen) atoms. The van der Waals surface area contributed by atoms with Gasteiger partial charge in [-0.05, 0) is 62.9 Å². The standard InChI is InChI=1S/C19H21FN4.ClH/c1-12-16(14-6-8-15(20)9-7-14)23-18-17(12)21-13(2)22-19(18)24-10-4-3-5-11-24;/h6-9,23H,3-5,10-11H2,1-2H3;1H. The van der Waals surface area contributed by atoms with Crippen LogP contribution >= 0.6 is 12.4 Å². The first-order valence-electron chi connectivity index (χ1n) is 8.51. The normalized spacial score (nSPS) is 14.6. The number of hydrogen-bond acceptors (Lipinski definition) is 3. The number of halogens is 2. The first-order valence-corrected chi connectivity index (χ1v) is 8.51. The molecule has 0 saturated carbocycles. The van der Waals surface area contributed by atoms with Gasteiger partial charge in [-0.3, -0.25) is 0 Å². The summed E-state index contributed by atoms with van der Waals surface area (Å²) in [4.78, 5) is 15.2. The summed E-state index contributed by atoms with van der Waals surface area (Å²) in [6, 6.07) is 6.58. The molecule has 1 aromatic carbocycles. The van der Waals surface area contributed by atoms with Crippen LogP contribution in [0.1, 0.15) is 30.7 Å². The van der Waals surface area contributed by atoms with Crippen LogP contribution in [0.15, 0.2) is 24.3 Å². The summed E-state index contributed by atoms with van der Waals surface area (Å²) in [5.74, 6) is 1.56. The quantitative estimate of drug-likeness (QED) is 0.714. The summed E-state index contributed by atoms with van der Waals surface area (Å²) in [5.41, 5.74) is 4.99. The van der Waals surface area contributed by atoms with E-state index in [1.807, 2.05) is 6.92 Å². The fraction of sp³-hybridized carbons (Fsp3) is 0.368. The predicted molar refractivity (Wildman–Crippen MR) is 102 cm³/mol. The number of aromatic amines is 1. The number of rotatable bonds is 2. The molecule has 6 heteroatoms. The Balaban J connectivity index is 0.00000182. The lowest BCUT2D eigenvalue weighted by atomic mass is 10.1. The van der Waals surface area contributed by atoms with Gasteiger partial charge in [0.1, 0.15) is 17.2 Å². The first-order chi connectivity index (χ1) is 11.6. The van der Waals surface area contributed by atoms with Gasteiger partial charge in [-0.15, -0.1) is 12.4 Å². The fourth-order valence-electron chi connectivity index (χ4n) is 3.52. The number of benzene rings is 1. The van der Waals surface area contributed by atoms with Gasteiger partial charge >= 0.3 is 0 Å². The van der Waals surface area contributed by atoms with Crippen LogP contribution in [0.25, 0.3) is 22.3 Å². The Morgan fingerprint density at radius 2 is 1.68 bits per heavy atom. The zero-order valence-corrected chi connectivity index (χ0v) is 15.3. The summed E-state index contributed by atoms with van der Waals surface area (Å²) in [6.45, 7) is 6.08. The molecule has 0 amide bonds. The Bertz CT molecular complexity index is 883. The summed E-state index contributed by atoms with van der Waals surface area (Å²) < 4.78 is 13.2. The fourth-order valence-corrected chi connectivity index (χ4v) is 3.52. The van der Waals surface area contributed by atoms with Crippen LogP contribution in [-0.4, -0.2) is 28.0 Å². The molecule has 0 unspecified atom stereocenters. The van der Waals surface area contributed by atoms with Crippen molar-refractivity contribution in [1.82, 2.24) is 15.0 Å². The van der Waals surface area contributed by atoms with Crippen molar-refractivity contribution in [3.8, 4) is 11.3 Å². The predicted octanol–water partition coefficient (Wildman–Crippen LogP) is 4.79. The topological polar surface area (TPSA) is 44.8 Å². The Hall–Kier alpha value is -2.14. The van der Waals surface area contributed by atoms with Gasteiger partial charge in [0.25, 0.3) is 0 Å². The van der Waals surface area contributed by atoms with Crippen molar-refractivity contribution in [1.29, 1.82) is 0 Å². The van der Waals surface area contributed by atoms with Gasteiger partial charge in [-0.2, -0.15) is 0 Å². The van der Waals surface area contributed by atoms with Crippen molar-refractivity contribution >= 4 is 29.3 Å². The maximum Gasteiger partial charge on any atom is 0.156 e. The lowest BCUT2D eigenvalue weighted by molar-refractivity contribution is 0.574. The molecule has 1 fully saturated rings. The van der Waals surface area contributed by atoms with Crippen LogP contribution in [0.4, 0.5) is 10.2 Å². The van der Waals surface area contributed by atoms with E-state index in [9.17, 15) is 4.39 Å². The summed E-state index contributed by atoms with van der Waals surface area (Å²) in [5, 5.41) is 0. The van der Waals surface area contributed by atoms with E-state index in [-0.39, 0.29) is 18.2 Å². The number of nitrogens with one attached hydrogen (secondary N) is 1. The Kier molecular flexibility index (Phi) is 4.95. The number of H-pyrrole nitrogens is 1. The summed E-state index contributed by atoms with van der Waals surface area (Å²) >= 11 is 0. The van der Waals surface area contributed by atoms with Crippen molar-refractivity contribution in [3.05, 3.63) is 41.5 Å². The van der Waals surface area contributed by atoms with Crippen molar-refractivity contribution in [3.63, 3.8) is 0 Å². The molecule has 0 spiro atoms. The van der Waals surface area contributed by atoms with Crippen molar-refractivity contribution in [2.75, 3.05) is 18.0 Å². The van der Waals surface area contributed by atoms with Crippen molar-refractivity contribution in [2.45, 2.75) is 33.1 Å². The third-order valence-corrected chi connectivity index (χ3v) is 4.77. The highest BCUT2D eigenvalue weighted by molar-refractivity contribution is 5.94. The van der Waals surface area contributed by atoms with Gasteiger partial charge in [-0.25, -0.2) is 14.4 Å². The summed E-state index contributed by atoms with van der Waals surface area (Å²) in [7, 11) is 0. The molecular weight excluding hydrogens is 339 g/mol. The van der Waals surface area contributed by atoms with Crippen molar-refractivity contribution < 1.29 is 4.39 Å². The zero-order valence-electron chi connectivity index (χ0n) is 14.5. The van der Waals surface area contributed by atoms with Crippen molar-refractivity contribution in [2.24, 2.45) is 0 Å². The molecule has 3 aromatic rings. The Morgan fingerprint density at radius 3 is 2.36 bits per heavy atom. The molecule has 3 heterocycles. The molecule has 0 atom stereocenters. The van der Waals surface area contributed by atoms with Gasteiger partial charge < -0.3 is 9.88 Å². The van der Waals surface area contributed by atoms with E-state index in [1.165, 1.54) is 31.4 Å². The van der Waals surface area contributed by atoms with E-state index in [4.69, 9.17) is 4.98 Å². The molecule has 132 valence electrons. The minimum atomic E-state index is -0.225. The minimum absolute atomic E-state index is 0. The Labute approximate surface area is 152 Å². The number of nitrogens with zero attached hydrogens (tertiary/aromatic N) is 3. The smallest absolute Gasteiger partial charge is 0.156 e. The Morgan fingerprint density at radius 1 is 1.00 bits per heavy atom. The van der Waals surface area contributed by atoms with Crippen LogP contribution in [0.5, 0.6) is 0 Å². The highest BCUT2D eigenvalue weighted by Gasteiger charge is 2.20. The van der Waals surface area contributed by atoms with E-state index in [2.05, 4.69) is 21.8 Å². The highest BCUT2D eigenvalue weighted by Crippen LogP contribution is 2.33. The third kappa shape index (κ3) is 3.21. The lowest BCUT2D eigenvalue weighted by Crippen LogP contribution is -2.30. The van der Waals surface area contributed by atoms with Crippen LogP contribution in [0.2, 0.25) is 0 Å². The monoisotopic (exact) mass is 360 g/mol. The number of aromatic nitrogens is 3. The molecule has 2 aromatic heterocycles. The molecule has 1 saturated heterocycles. The average molecular weight is 361 g/mol. The highest BCUT2D eigenvalue weighted by atomic mass is 35.5. The second-order valence-corrected chi connectivity index (χ2v) is 6.50. The van der Waals surface area contributed by atoms with Crippen LogP contribution < -0.4 is 4.90 Å². The zero-order chi connectivity index (χ0) is 16.7. The summed E-state index contributed by atoms with van der Waals surface area (Å²) in [6.07, 6.45) is 3.69. The maximum absolute atomic E-state index is 13.2. The molecule has 1 aliphatic rings. The van der Waals surface area contributed by atoms with Crippen LogP contribution in [-0.2, 0) is 0 Å². The molecular formula is C19H22ClFN4. The van der Waals surface area contributed by atoms with Gasteiger partial charge in [-0.1, -0.05) is 0 Å². The number of aryl methyl sites for hydroxylation is 2. The number of fused-ring (bicyclic) bond motifs is 1. The van der Waals surface area contributed by atoms with E-state index in [0.29, 0.717) is 0 Å². The van der Waals surface area contributed by atoms with Gasteiger partial charge in [0.05, 0.1) is 11.2 Å². The van der Waals surface area contributed by atoms with Gasteiger partial charge in [0, 0.05) is 18.7 Å². The molecule has 4 rings (SSSR count). The largest absolute Gasteiger partial charge is 0.355 e. The van der Waals surface area contributed by atoms with Gasteiger partial charge in [0.15, 0.2) is 5.82 Å². The van der Waals surface area contributed by atoms with E-state index in [1.54, 1.807) is 12.1 Å². The molecule has 1 aliphatic heterocycles. The molecule has 0 radical (unpaired) electrons. The van der Waals surface area contributed by atoms with E-state index >= 15 is 0 Å². The lowest BCUT2D eigenvalue weighted by Gasteiger charge is -2.28. The molecule has 4 nitrogen and oxygen atoms in total.